The van der Waals surface area contributed by atoms with Gasteiger partial charge in [-0.15, -0.1) is 5.10 Å². The third kappa shape index (κ3) is 3.29. The van der Waals surface area contributed by atoms with Gasteiger partial charge in [0.25, 0.3) is 0 Å². The number of para-hydroxylation sites is 1. The number of anilines is 1. The quantitative estimate of drug-likeness (QED) is 0.775. The Morgan fingerprint density at radius 2 is 1.83 bits per heavy atom. The largest absolute Gasteiger partial charge is 0.494 e. The Morgan fingerprint density at radius 3 is 2.57 bits per heavy atom. The molecule has 0 atom stereocenters. The lowest BCUT2D eigenvalue weighted by atomic mass is 10.2. The summed E-state index contributed by atoms with van der Waals surface area (Å²) in [5.74, 6) is 2.47. The minimum Gasteiger partial charge on any atom is -0.494 e. The summed E-state index contributed by atoms with van der Waals surface area (Å²) in [6, 6.07) is 17.0. The second kappa shape index (κ2) is 6.44. The van der Waals surface area contributed by atoms with Crippen molar-refractivity contribution in [3.8, 4) is 23.1 Å². The van der Waals surface area contributed by atoms with Crippen molar-refractivity contribution in [2.75, 3.05) is 12.3 Å². The van der Waals surface area contributed by atoms with Gasteiger partial charge in [-0.1, -0.05) is 24.3 Å². The van der Waals surface area contributed by atoms with Crippen molar-refractivity contribution in [2.24, 2.45) is 0 Å². The monoisotopic (exact) mass is 309 g/mol. The summed E-state index contributed by atoms with van der Waals surface area (Å²) >= 11 is 0. The number of nitrogens with two attached hydrogens (primary N) is 1. The van der Waals surface area contributed by atoms with Gasteiger partial charge in [-0.3, -0.25) is 0 Å². The highest BCUT2D eigenvalue weighted by atomic mass is 16.5. The molecule has 2 aromatic carbocycles. The zero-order chi connectivity index (χ0) is 16.2. The highest BCUT2D eigenvalue weighted by Crippen LogP contribution is 2.27. The maximum absolute atomic E-state index is 6.10. The lowest BCUT2D eigenvalue weighted by molar-refractivity contribution is 0.340. The third-order valence-corrected chi connectivity index (χ3v) is 3.40. The molecule has 0 saturated heterocycles. The summed E-state index contributed by atoms with van der Waals surface area (Å²) in [6.45, 7) is 4.57. The van der Waals surface area contributed by atoms with Gasteiger partial charge >= 0.3 is 0 Å². The molecule has 0 saturated carbocycles. The van der Waals surface area contributed by atoms with Crippen LogP contribution < -0.4 is 15.2 Å². The molecule has 3 rings (SSSR count). The summed E-state index contributed by atoms with van der Waals surface area (Å²) in [6.07, 6.45) is 0. The van der Waals surface area contributed by atoms with Crippen molar-refractivity contribution in [1.82, 2.24) is 9.78 Å². The van der Waals surface area contributed by atoms with Gasteiger partial charge in [0.05, 0.1) is 12.3 Å². The number of nitrogens with zero attached hydrogens (tertiary/aromatic N) is 2. The SMILES string of the molecule is CCOc1ccc(C)c(-n2nc(Oc3ccccc3)cc2N)c1. The van der Waals surface area contributed by atoms with E-state index in [-0.39, 0.29) is 0 Å². The van der Waals surface area contributed by atoms with Gasteiger partial charge in [-0.2, -0.15) is 0 Å². The molecule has 0 fully saturated rings. The molecule has 5 nitrogen and oxygen atoms in total. The van der Waals surface area contributed by atoms with Crippen LogP contribution in [0, 0.1) is 6.92 Å². The molecule has 23 heavy (non-hydrogen) atoms. The van der Waals surface area contributed by atoms with Crippen LogP contribution in [0.4, 0.5) is 5.82 Å². The number of nitrogen functional groups attached to an aromatic ring is 1. The van der Waals surface area contributed by atoms with Crippen LogP contribution in [0.3, 0.4) is 0 Å². The van der Waals surface area contributed by atoms with Gasteiger partial charge in [0.1, 0.15) is 17.3 Å². The fourth-order valence-corrected chi connectivity index (χ4v) is 2.30. The molecule has 2 N–H and O–H groups in total. The Morgan fingerprint density at radius 1 is 1.04 bits per heavy atom. The van der Waals surface area contributed by atoms with Crippen molar-refractivity contribution in [3.05, 3.63) is 60.2 Å². The van der Waals surface area contributed by atoms with Crippen LogP contribution in [0.2, 0.25) is 0 Å². The molecule has 118 valence electrons. The molecule has 0 aliphatic rings. The molecule has 0 amide bonds. The van der Waals surface area contributed by atoms with E-state index >= 15 is 0 Å². The first-order chi connectivity index (χ1) is 11.2. The number of rotatable bonds is 5. The maximum atomic E-state index is 6.10. The van der Waals surface area contributed by atoms with Crippen LogP contribution >= 0.6 is 0 Å². The fourth-order valence-electron chi connectivity index (χ4n) is 2.30. The summed E-state index contributed by atoms with van der Waals surface area (Å²) < 4.78 is 13.0. The number of hydrogen-bond donors (Lipinski definition) is 1. The second-order valence-electron chi connectivity index (χ2n) is 5.12. The van der Waals surface area contributed by atoms with Gasteiger partial charge in [0.2, 0.25) is 5.88 Å². The van der Waals surface area contributed by atoms with E-state index < -0.39 is 0 Å². The van der Waals surface area contributed by atoms with Gasteiger partial charge in [-0.05, 0) is 37.6 Å². The molecule has 1 heterocycles. The summed E-state index contributed by atoms with van der Waals surface area (Å²) in [5, 5.41) is 4.45. The molecule has 5 heteroatoms. The van der Waals surface area contributed by atoms with Gasteiger partial charge in [0.15, 0.2) is 0 Å². The van der Waals surface area contributed by atoms with E-state index in [0.717, 1.165) is 22.7 Å². The van der Waals surface area contributed by atoms with Crippen molar-refractivity contribution >= 4 is 5.82 Å². The highest BCUT2D eigenvalue weighted by molar-refractivity contribution is 5.51. The van der Waals surface area contributed by atoms with Crippen molar-refractivity contribution in [1.29, 1.82) is 0 Å². The molecule has 0 bridgehead atoms. The van der Waals surface area contributed by atoms with E-state index in [1.807, 2.05) is 62.4 Å². The molecule has 0 spiro atoms. The Balaban J connectivity index is 1.93. The average molecular weight is 309 g/mol. The Hall–Kier alpha value is -2.95. The smallest absolute Gasteiger partial charge is 0.240 e. The van der Waals surface area contributed by atoms with Crippen molar-refractivity contribution < 1.29 is 9.47 Å². The van der Waals surface area contributed by atoms with Crippen molar-refractivity contribution in [3.63, 3.8) is 0 Å². The van der Waals surface area contributed by atoms with Crippen molar-refractivity contribution in [2.45, 2.75) is 13.8 Å². The van der Waals surface area contributed by atoms with E-state index in [1.165, 1.54) is 0 Å². The van der Waals surface area contributed by atoms with Crippen LogP contribution in [0.1, 0.15) is 12.5 Å². The normalized spacial score (nSPS) is 10.5. The van der Waals surface area contributed by atoms with Crippen LogP contribution in [0.5, 0.6) is 17.4 Å². The molecule has 0 aliphatic carbocycles. The maximum Gasteiger partial charge on any atom is 0.240 e. The van der Waals surface area contributed by atoms with Crippen LogP contribution in [0.25, 0.3) is 5.69 Å². The predicted molar refractivity (Wildman–Crippen MR) is 90.4 cm³/mol. The van der Waals surface area contributed by atoms with E-state index in [2.05, 4.69) is 5.10 Å². The highest BCUT2D eigenvalue weighted by Gasteiger charge is 2.12. The zero-order valence-corrected chi connectivity index (χ0v) is 13.2. The molecule has 0 aliphatic heterocycles. The van der Waals surface area contributed by atoms with E-state index in [1.54, 1.807) is 10.7 Å². The van der Waals surface area contributed by atoms with Crippen LogP contribution in [0.15, 0.2) is 54.6 Å². The Labute approximate surface area is 135 Å². The van der Waals surface area contributed by atoms with Crippen LogP contribution in [-0.2, 0) is 0 Å². The molecule has 1 aromatic heterocycles. The number of aryl methyl sites for hydroxylation is 1. The molecule has 0 radical (unpaired) electrons. The van der Waals surface area contributed by atoms with Crippen LogP contribution in [-0.4, -0.2) is 16.4 Å². The first kappa shape index (κ1) is 15.0. The summed E-state index contributed by atoms with van der Waals surface area (Å²) in [4.78, 5) is 0. The van der Waals surface area contributed by atoms with E-state index in [4.69, 9.17) is 15.2 Å². The Kier molecular flexibility index (Phi) is 4.19. The molecular formula is C18H19N3O2. The lowest BCUT2D eigenvalue weighted by Crippen LogP contribution is -2.04. The summed E-state index contributed by atoms with van der Waals surface area (Å²) in [5.41, 5.74) is 8.02. The number of aromatic nitrogens is 2. The first-order valence-electron chi connectivity index (χ1n) is 7.49. The molecule has 0 unspecified atom stereocenters. The van der Waals surface area contributed by atoms with Gasteiger partial charge in [-0.25, -0.2) is 4.68 Å². The van der Waals surface area contributed by atoms with Gasteiger partial charge in [0, 0.05) is 12.1 Å². The lowest BCUT2D eigenvalue weighted by Gasteiger charge is -2.10. The first-order valence-corrected chi connectivity index (χ1v) is 7.49. The second-order valence-corrected chi connectivity index (χ2v) is 5.12. The molecule has 3 aromatic rings. The van der Waals surface area contributed by atoms with E-state index in [9.17, 15) is 0 Å². The van der Waals surface area contributed by atoms with Gasteiger partial charge < -0.3 is 15.2 Å². The number of ether oxygens (including phenoxy) is 2. The Bertz CT molecular complexity index is 797. The standard InChI is InChI=1S/C18H19N3O2/c1-3-22-15-10-9-13(2)16(11-15)21-17(19)12-18(20-21)23-14-7-5-4-6-8-14/h4-12H,3,19H2,1-2H3. The minimum absolute atomic E-state index is 0.454. The minimum atomic E-state index is 0.454. The third-order valence-electron chi connectivity index (χ3n) is 3.40. The summed E-state index contributed by atoms with van der Waals surface area (Å²) in [7, 11) is 0. The fraction of sp³-hybridized carbons (Fsp3) is 0.167. The number of benzene rings is 2. The topological polar surface area (TPSA) is 62.3 Å². The average Bonchev–Trinajstić information content (AvgIpc) is 2.91. The zero-order valence-electron chi connectivity index (χ0n) is 13.2. The van der Waals surface area contributed by atoms with E-state index in [0.29, 0.717) is 18.3 Å². The molecular weight excluding hydrogens is 290 g/mol. The number of hydrogen-bond acceptors (Lipinski definition) is 4. The predicted octanol–water partition coefficient (Wildman–Crippen LogP) is 3.95.